The molecule has 19 heteroatoms. The first-order valence-electron chi connectivity index (χ1n) is 12.3. The Morgan fingerprint density at radius 1 is 1.13 bits per heavy atom. The predicted octanol–water partition coefficient (Wildman–Crippen LogP) is 4.37. The first-order valence-corrected chi connectivity index (χ1v) is 17.9. The summed E-state index contributed by atoms with van der Waals surface area (Å²) < 4.78 is 87.6. The Kier molecular flexibility index (Phi) is 12.4. The minimum absolute atomic E-state index is 0.0389. The van der Waals surface area contributed by atoms with Crippen LogP contribution in [0.1, 0.15) is 10.4 Å². The highest BCUT2D eigenvalue weighted by Crippen LogP contribution is 2.40. The molecule has 246 valence electrons. The lowest BCUT2D eigenvalue weighted by Gasteiger charge is -2.17. The SMILES string of the molecule is COc1cc(C)c(-c2cccc(S(=O)(=O)c3cc(C(=N)N)sc3SC)c2)c(NC(=O)NCCS(C)(=O)=O)c1.O=C(O)C(F)(F)F. The van der Waals surface area contributed by atoms with E-state index in [1.54, 1.807) is 37.4 Å². The van der Waals surface area contributed by atoms with Crippen LogP contribution in [0.2, 0.25) is 0 Å². The van der Waals surface area contributed by atoms with Crippen LogP contribution in [0.25, 0.3) is 11.1 Å². The Morgan fingerprint density at radius 2 is 1.76 bits per heavy atom. The van der Waals surface area contributed by atoms with E-state index in [1.807, 2.05) is 0 Å². The van der Waals surface area contributed by atoms with Gasteiger partial charge in [0.25, 0.3) is 0 Å². The lowest BCUT2D eigenvalue weighted by atomic mass is 9.98. The second-order valence-corrected chi connectivity index (χ2v) is 15.4. The number of amides is 2. The number of carbonyl (C=O) groups is 2. The molecule has 45 heavy (non-hydrogen) atoms. The van der Waals surface area contributed by atoms with Gasteiger partial charge in [0.1, 0.15) is 21.4 Å². The van der Waals surface area contributed by atoms with Gasteiger partial charge in [-0.1, -0.05) is 12.1 Å². The Labute approximate surface area is 265 Å². The highest BCUT2D eigenvalue weighted by Gasteiger charge is 2.38. The molecule has 0 aliphatic heterocycles. The Hall–Kier alpha value is -3.81. The zero-order chi connectivity index (χ0) is 34.3. The molecule has 1 aromatic heterocycles. The number of aryl methyl sites for hydroxylation is 1. The van der Waals surface area contributed by atoms with Crippen LogP contribution in [0.4, 0.5) is 23.7 Å². The van der Waals surface area contributed by atoms with E-state index >= 15 is 0 Å². The number of benzene rings is 2. The summed E-state index contributed by atoms with van der Waals surface area (Å²) in [5.41, 5.74) is 7.76. The summed E-state index contributed by atoms with van der Waals surface area (Å²) in [4.78, 5) is 21.9. The number of carbonyl (C=O) groups excluding carboxylic acids is 1. The van der Waals surface area contributed by atoms with Crippen molar-refractivity contribution < 1.29 is 49.4 Å². The molecule has 0 aliphatic rings. The third kappa shape index (κ3) is 10.4. The molecule has 0 radical (unpaired) electrons. The van der Waals surface area contributed by atoms with Gasteiger partial charge in [-0.25, -0.2) is 26.4 Å². The van der Waals surface area contributed by atoms with E-state index in [0.717, 1.165) is 17.6 Å². The van der Waals surface area contributed by atoms with Gasteiger partial charge in [-0.05, 0) is 48.6 Å². The summed E-state index contributed by atoms with van der Waals surface area (Å²) in [6.07, 6.45) is -2.25. The summed E-state index contributed by atoms with van der Waals surface area (Å²) in [7, 11) is -5.72. The molecule has 0 unspecified atom stereocenters. The second kappa shape index (κ2) is 15.0. The van der Waals surface area contributed by atoms with E-state index in [-0.39, 0.29) is 27.9 Å². The monoisotopic (exact) mass is 710 g/mol. The van der Waals surface area contributed by atoms with Gasteiger partial charge in [0.15, 0.2) is 0 Å². The Bertz CT molecular complexity index is 1810. The average Bonchev–Trinajstić information content (AvgIpc) is 3.38. The lowest BCUT2D eigenvalue weighted by Crippen LogP contribution is -2.32. The number of thioether (sulfide) groups is 1. The van der Waals surface area contributed by atoms with Crippen LogP contribution in [-0.2, 0) is 24.5 Å². The number of hydrogen-bond donors (Lipinski definition) is 5. The van der Waals surface area contributed by atoms with E-state index in [0.29, 0.717) is 37.2 Å². The summed E-state index contributed by atoms with van der Waals surface area (Å²) in [5, 5.41) is 20.0. The van der Waals surface area contributed by atoms with Crippen molar-refractivity contribution >= 4 is 66.3 Å². The van der Waals surface area contributed by atoms with Crippen molar-refractivity contribution in [2.24, 2.45) is 5.73 Å². The molecule has 0 saturated carbocycles. The maximum absolute atomic E-state index is 13.6. The summed E-state index contributed by atoms with van der Waals surface area (Å²) in [5.74, 6) is -2.70. The highest BCUT2D eigenvalue weighted by atomic mass is 32.2. The van der Waals surface area contributed by atoms with Crippen LogP contribution in [0.3, 0.4) is 0 Å². The lowest BCUT2D eigenvalue weighted by molar-refractivity contribution is -0.192. The van der Waals surface area contributed by atoms with Gasteiger partial charge in [-0.15, -0.1) is 23.1 Å². The van der Waals surface area contributed by atoms with E-state index in [4.69, 9.17) is 25.8 Å². The molecule has 1 heterocycles. The smallest absolute Gasteiger partial charge is 0.490 e. The summed E-state index contributed by atoms with van der Waals surface area (Å²) >= 11 is 2.40. The fraction of sp³-hybridized carbons (Fsp3) is 0.269. The van der Waals surface area contributed by atoms with Crippen molar-refractivity contribution in [2.75, 3.05) is 37.2 Å². The topological polar surface area (TPSA) is 206 Å². The highest BCUT2D eigenvalue weighted by molar-refractivity contribution is 8.01. The molecule has 2 aromatic carbocycles. The standard InChI is InChI=1S/C24H28N4O6S4.C2HF3O2/c1-14-10-16(34-2)12-18(28-24(29)27-8-9-37(4,30)31)21(14)15-6-5-7-17(11-15)38(32,33)20-13-19(22(25)26)36-23(20)35-3;3-2(4,5)1(6)7/h5-7,10-13H,8-9H2,1-4H3,(H3,25,26)(H2,27,28,29);(H,6,7). The molecule has 0 saturated heterocycles. The van der Waals surface area contributed by atoms with E-state index in [9.17, 15) is 34.8 Å². The molecule has 0 bridgehead atoms. The molecule has 0 fully saturated rings. The number of carboxylic acid groups (broad SMARTS) is 1. The molecule has 0 aliphatic carbocycles. The minimum Gasteiger partial charge on any atom is -0.497 e. The van der Waals surface area contributed by atoms with E-state index in [1.165, 1.54) is 37.1 Å². The number of halogens is 3. The number of rotatable bonds is 10. The van der Waals surface area contributed by atoms with Crippen LogP contribution in [-0.4, -0.2) is 77.9 Å². The number of amidine groups is 1. The second-order valence-electron chi connectivity index (χ2n) is 9.09. The molecule has 0 spiro atoms. The fourth-order valence-corrected chi connectivity index (χ4v) is 8.01. The van der Waals surface area contributed by atoms with Gasteiger partial charge >= 0.3 is 18.2 Å². The number of carboxylic acids is 1. The van der Waals surface area contributed by atoms with Gasteiger partial charge in [-0.2, -0.15) is 13.2 Å². The van der Waals surface area contributed by atoms with Crippen molar-refractivity contribution in [1.82, 2.24) is 5.32 Å². The number of nitrogens with two attached hydrogens (primary N) is 1. The van der Waals surface area contributed by atoms with E-state index < -0.39 is 37.9 Å². The fourth-order valence-electron chi connectivity index (χ4n) is 3.64. The maximum Gasteiger partial charge on any atom is 0.490 e. The van der Waals surface area contributed by atoms with Crippen LogP contribution >= 0.6 is 23.1 Å². The minimum atomic E-state index is -5.08. The van der Waals surface area contributed by atoms with Gasteiger partial charge in [0, 0.05) is 24.4 Å². The Balaban J connectivity index is 0.000000900. The molecule has 2 amide bonds. The number of nitrogen functional groups attached to an aromatic ring is 1. The van der Waals surface area contributed by atoms with Crippen LogP contribution < -0.4 is 21.1 Å². The summed E-state index contributed by atoms with van der Waals surface area (Å²) in [6, 6.07) is 10.5. The van der Waals surface area contributed by atoms with Crippen molar-refractivity contribution in [1.29, 1.82) is 5.41 Å². The number of sulfone groups is 2. The molecule has 12 nitrogen and oxygen atoms in total. The van der Waals surface area contributed by atoms with Crippen molar-refractivity contribution in [3.63, 3.8) is 0 Å². The number of ether oxygens (including phenoxy) is 1. The van der Waals surface area contributed by atoms with Gasteiger partial charge in [0.05, 0.1) is 37.4 Å². The molecule has 3 rings (SSSR count). The largest absolute Gasteiger partial charge is 0.497 e. The molecular formula is C26H29F3N4O8S4. The molecule has 6 N–H and O–H groups in total. The third-order valence-electron chi connectivity index (χ3n) is 5.63. The molecule has 3 aromatic rings. The number of aliphatic carboxylic acids is 1. The molecular weight excluding hydrogens is 682 g/mol. The molecule has 0 atom stereocenters. The first-order chi connectivity index (χ1) is 20.7. The number of nitrogens with one attached hydrogen (secondary N) is 3. The maximum atomic E-state index is 13.6. The number of urea groups is 1. The van der Waals surface area contributed by atoms with Gasteiger partial charge < -0.3 is 26.2 Å². The third-order valence-corrected chi connectivity index (χ3v) is 10.9. The van der Waals surface area contributed by atoms with E-state index in [2.05, 4.69) is 10.6 Å². The van der Waals surface area contributed by atoms with Gasteiger partial charge in [-0.3, -0.25) is 5.41 Å². The van der Waals surface area contributed by atoms with Crippen LogP contribution in [0.15, 0.2) is 56.5 Å². The van der Waals surface area contributed by atoms with Crippen molar-refractivity contribution in [2.45, 2.75) is 27.1 Å². The summed E-state index contributed by atoms with van der Waals surface area (Å²) in [6.45, 7) is 1.73. The quantitative estimate of drug-likeness (QED) is 0.114. The number of thiophene rings is 1. The Morgan fingerprint density at radius 3 is 2.27 bits per heavy atom. The number of alkyl halides is 3. The zero-order valence-corrected chi connectivity index (χ0v) is 27.4. The first kappa shape index (κ1) is 37.4. The van der Waals surface area contributed by atoms with Gasteiger partial charge in [0.2, 0.25) is 9.84 Å². The normalized spacial score (nSPS) is 11.6. The van der Waals surface area contributed by atoms with Crippen LogP contribution in [0, 0.1) is 12.3 Å². The number of anilines is 1. The predicted molar refractivity (Wildman–Crippen MR) is 166 cm³/mol. The zero-order valence-electron chi connectivity index (χ0n) is 24.1. The average molecular weight is 711 g/mol. The number of methoxy groups -OCH3 is 1. The van der Waals surface area contributed by atoms with Crippen LogP contribution in [0.5, 0.6) is 5.75 Å². The number of hydrogen-bond acceptors (Lipinski definition) is 10. The van der Waals surface area contributed by atoms with Crippen molar-refractivity contribution in [3.8, 4) is 16.9 Å². The van der Waals surface area contributed by atoms with Crippen molar-refractivity contribution in [3.05, 3.63) is 52.9 Å².